The summed E-state index contributed by atoms with van der Waals surface area (Å²) in [7, 11) is 0. The van der Waals surface area contributed by atoms with Crippen LogP contribution in [-0.4, -0.2) is 11.1 Å². The van der Waals surface area contributed by atoms with Crippen LogP contribution in [0.2, 0.25) is 0 Å². The molecule has 0 unspecified atom stereocenters. The second-order valence-corrected chi connectivity index (χ2v) is 5.16. The third-order valence-electron chi connectivity index (χ3n) is 3.31. The monoisotopic (exact) mass is 284 g/mol. The summed E-state index contributed by atoms with van der Waals surface area (Å²) < 4.78 is 13.8. The average Bonchev–Trinajstić information content (AvgIpc) is 2.46. The van der Waals surface area contributed by atoms with Crippen LogP contribution < -0.4 is 0 Å². The first-order valence-electron chi connectivity index (χ1n) is 6.79. The molecule has 0 aliphatic heterocycles. The van der Waals surface area contributed by atoms with Gasteiger partial charge >= 0.3 is 5.97 Å². The van der Waals surface area contributed by atoms with E-state index in [1.54, 1.807) is 6.07 Å². The van der Waals surface area contributed by atoms with E-state index in [-0.39, 0.29) is 11.1 Å². The van der Waals surface area contributed by atoms with Crippen LogP contribution in [0.5, 0.6) is 0 Å². The highest BCUT2D eigenvalue weighted by atomic mass is 19.1. The molecule has 1 N–H and O–H groups in total. The fourth-order valence-corrected chi connectivity index (χ4v) is 2.08. The van der Waals surface area contributed by atoms with Crippen LogP contribution in [0.25, 0.3) is 11.6 Å². The van der Waals surface area contributed by atoms with Crippen molar-refractivity contribution in [1.29, 1.82) is 0 Å². The van der Waals surface area contributed by atoms with Crippen LogP contribution >= 0.6 is 0 Å². The minimum atomic E-state index is -1.15. The number of carboxylic acid groups (broad SMARTS) is 1. The van der Waals surface area contributed by atoms with Crippen molar-refractivity contribution in [3.05, 3.63) is 71.0 Å². The van der Waals surface area contributed by atoms with Gasteiger partial charge in [0.15, 0.2) is 0 Å². The molecule has 0 radical (unpaired) electrons. The van der Waals surface area contributed by atoms with Crippen LogP contribution in [0.4, 0.5) is 4.39 Å². The molecule has 0 atom stereocenters. The van der Waals surface area contributed by atoms with E-state index in [0.29, 0.717) is 5.92 Å². The quantitative estimate of drug-likeness (QED) is 0.659. The van der Waals surface area contributed by atoms with Gasteiger partial charge in [-0.2, -0.15) is 0 Å². The van der Waals surface area contributed by atoms with E-state index in [0.717, 1.165) is 5.56 Å². The summed E-state index contributed by atoms with van der Waals surface area (Å²) in [5.74, 6) is -1.27. The van der Waals surface area contributed by atoms with Crippen molar-refractivity contribution < 1.29 is 14.3 Å². The Morgan fingerprint density at radius 3 is 2.24 bits per heavy atom. The Kier molecular flexibility index (Phi) is 4.53. The Morgan fingerprint density at radius 2 is 1.71 bits per heavy atom. The largest absolute Gasteiger partial charge is 0.478 e. The Bertz CT molecular complexity index is 670. The van der Waals surface area contributed by atoms with Gasteiger partial charge in [-0.05, 0) is 29.2 Å². The molecule has 2 nitrogen and oxygen atoms in total. The lowest BCUT2D eigenvalue weighted by atomic mass is 9.99. The van der Waals surface area contributed by atoms with Crippen molar-refractivity contribution in [2.45, 2.75) is 19.8 Å². The Labute approximate surface area is 123 Å². The van der Waals surface area contributed by atoms with Gasteiger partial charge in [0.2, 0.25) is 0 Å². The van der Waals surface area contributed by atoms with Gasteiger partial charge in [-0.1, -0.05) is 56.3 Å². The van der Waals surface area contributed by atoms with Gasteiger partial charge < -0.3 is 5.11 Å². The SMILES string of the molecule is CC(C)c1ccc(/C=C(/C(=O)O)c2ccccc2F)cc1. The van der Waals surface area contributed by atoms with Crippen LogP contribution in [0.3, 0.4) is 0 Å². The number of carbonyl (C=O) groups is 1. The standard InChI is InChI=1S/C18H17FO2/c1-12(2)14-9-7-13(8-10-14)11-16(18(20)21)15-5-3-4-6-17(15)19/h3-12H,1-2H3,(H,20,21)/b16-11+. The molecule has 0 saturated carbocycles. The highest BCUT2D eigenvalue weighted by Crippen LogP contribution is 2.22. The van der Waals surface area contributed by atoms with Crippen molar-refractivity contribution in [2.75, 3.05) is 0 Å². The zero-order valence-corrected chi connectivity index (χ0v) is 12.0. The highest BCUT2D eigenvalue weighted by Gasteiger charge is 2.14. The molecule has 2 rings (SSSR count). The maximum atomic E-state index is 13.8. The maximum absolute atomic E-state index is 13.8. The van der Waals surface area contributed by atoms with Crippen molar-refractivity contribution in [3.63, 3.8) is 0 Å². The zero-order chi connectivity index (χ0) is 15.4. The van der Waals surface area contributed by atoms with Crippen molar-refractivity contribution in [2.24, 2.45) is 0 Å². The number of hydrogen-bond acceptors (Lipinski definition) is 1. The molecular formula is C18H17FO2. The molecular weight excluding hydrogens is 267 g/mol. The van der Waals surface area contributed by atoms with Gasteiger partial charge in [0.1, 0.15) is 5.82 Å². The molecule has 2 aromatic carbocycles. The summed E-state index contributed by atoms with van der Waals surface area (Å²) in [6, 6.07) is 13.5. The van der Waals surface area contributed by atoms with Gasteiger partial charge in [0.25, 0.3) is 0 Å². The molecule has 0 saturated heterocycles. The van der Waals surface area contributed by atoms with Gasteiger partial charge in [-0.25, -0.2) is 9.18 Å². The molecule has 0 spiro atoms. The van der Waals surface area contributed by atoms with E-state index in [9.17, 15) is 14.3 Å². The summed E-state index contributed by atoms with van der Waals surface area (Å²) in [4.78, 5) is 11.4. The van der Waals surface area contributed by atoms with Crippen molar-refractivity contribution >= 4 is 17.6 Å². The van der Waals surface area contributed by atoms with Gasteiger partial charge in [0.05, 0.1) is 5.57 Å². The lowest BCUT2D eigenvalue weighted by molar-refractivity contribution is -0.130. The second kappa shape index (κ2) is 6.35. The minimum absolute atomic E-state index is 0.0506. The minimum Gasteiger partial charge on any atom is -0.478 e. The normalized spacial score (nSPS) is 11.7. The maximum Gasteiger partial charge on any atom is 0.336 e. The van der Waals surface area contributed by atoms with E-state index < -0.39 is 11.8 Å². The number of rotatable bonds is 4. The third kappa shape index (κ3) is 3.57. The van der Waals surface area contributed by atoms with Crippen LogP contribution in [-0.2, 0) is 4.79 Å². The predicted molar refractivity (Wildman–Crippen MR) is 82.4 cm³/mol. The zero-order valence-electron chi connectivity index (χ0n) is 12.0. The summed E-state index contributed by atoms with van der Waals surface area (Å²) in [6.07, 6.45) is 1.49. The fourth-order valence-electron chi connectivity index (χ4n) is 2.08. The molecule has 3 heteroatoms. The first kappa shape index (κ1) is 15.0. The van der Waals surface area contributed by atoms with E-state index in [1.165, 1.54) is 29.8 Å². The lowest BCUT2D eigenvalue weighted by Gasteiger charge is -2.07. The fraction of sp³-hybridized carbons (Fsp3) is 0.167. The number of carboxylic acids is 1. The van der Waals surface area contributed by atoms with Crippen molar-refractivity contribution in [1.82, 2.24) is 0 Å². The third-order valence-corrected chi connectivity index (χ3v) is 3.31. The topological polar surface area (TPSA) is 37.3 Å². The number of halogens is 1. The van der Waals surface area contributed by atoms with Crippen LogP contribution in [0, 0.1) is 5.82 Å². The number of aliphatic carboxylic acids is 1. The first-order chi connectivity index (χ1) is 9.99. The molecule has 21 heavy (non-hydrogen) atoms. The second-order valence-electron chi connectivity index (χ2n) is 5.16. The molecule has 0 aromatic heterocycles. The molecule has 108 valence electrons. The van der Waals surface area contributed by atoms with Crippen LogP contribution in [0.1, 0.15) is 36.5 Å². The smallest absolute Gasteiger partial charge is 0.336 e. The van der Waals surface area contributed by atoms with E-state index in [1.807, 2.05) is 24.3 Å². The summed E-state index contributed by atoms with van der Waals surface area (Å²) in [5.41, 5.74) is 1.96. The van der Waals surface area contributed by atoms with E-state index >= 15 is 0 Å². The Hall–Kier alpha value is -2.42. The first-order valence-corrected chi connectivity index (χ1v) is 6.79. The molecule has 0 aliphatic rings. The van der Waals surface area contributed by atoms with Crippen LogP contribution in [0.15, 0.2) is 48.5 Å². The molecule has 2 aromatic rings. The Morgan fingerprint density at radius 1 is 1.10 bits per heavy atom. The lowest BCUT2D eigenvalue weighted by Crippen LogP contribution is -2.01. The van der Waals surface area contributed by atoms with E-state index in [2.05, 4.69) is 13.8 Å². The molecule has 0 bridgehead atoms. The average molecular weight is 284 g/mol. The van der Waals surface area contributed by atoms with Gasteiger partial charge in [0, 0.05) is 5.56 Å². The summed E-state index contributed by atoms with van der Waals surface area (Å²) >= 11 is 0. The van der Waals surface area contributed by atoms with E-state index in [4.69, 9.17) is 0 Å². The number of hydrogen-bond donors (Lipinski definition) is 1. The highest BCUT2D eigenvalue weighted by molar-refractivity contribution is 6.20. The van der Waals surface area contributed by atoms with Crippen molar-refractivity contribution in [3.8, 4) is 0 Å². The summed E-state index contributed by atoms with van der Waals surface area (Å²) in [6.45, 7) is 4.18. The number of benzene rings is 2. The van der Waals surface area contributed by atoms with Gasteiger partial charge in [-0.15, -0.1) is 0 Å². The van der Waals surface area contributed by atoms with Gasteiger partial charge in [-0.3, -0.25) is 0 Å². The molecule has 0 amide bonds. The predicted octanol–water partition coefficient (Wildman–Crippen LogP) is 4.57. The molecule has 0 aliphatic carbocycles. The molecule has 0 heterocycles. The molecule has 0 fully saturated rings. The Balaban J connectivity index is 2.43. The summed E-state index contributed by atoms with van der Waals surface area (Å²) in [5, 5.41) is 9.32.